The maximum absolute atomic E-state index is 14.1. The van der Waals surface area contributed by atoms with Crippen molar-refractivity contribution in [3.63, 3.8) is 0 Å². The number of amides is 2. The lowest BCUT2D eigenvalue weighted by molar-refractivity contribution is -0.137. The maximum atomic E-state index is 14.1. The van der Waals surface area contributed by atoms with Gasteiger partial charge in [0.15, 0.2) is 0 Å². The van der Waals surface area contributed by atoms with E-state index in [9.17, 15) is 18.0 Å². The number of nitrogens with zero attached hydrogens (tertiary/aromatic N) is 2. The molecule has 3 N–H and O–H groups in total. The van der Waals surface area contributed by atoms with Crippen LogP contribution in [0.3, 0.4) is 0 Å². The summed E-state index contributed by atoms with van der Waals surface area (Å²) in [5.74, 6) is -0.335. The molecule has 0 aromatic heterocycles. The molecule has 4 atom stereocenters. The number of hydrogen-bond donors (Lipinski definition) is 3. The molecule has 3 aliphatic heterocycles. The molecule has 3 aliphatic rings. The number of nitrogens with one attached hydrogen (secondary N) is 3. The van der Waals surface area contributed by atoms with Crippen LogP contribution in [0.1, 0.15) is 29.2 Å². The summed E-state index contributed by atoms with van der Waals surface area (Å²) < 4.78 is 26.5. The minimum atomic E-state index is -3.44. The lowest BCUT2D eigenvalue weighted by Crippen LogP contribution is -2.57. The van der Waals surface area contributed by atoms with Crippen LogP contribution in [0.15, 0.2) is 72.8 Å². The summed E-state index contributed by atoms with van der Waals surface area (Å²) in [6, 6.07) is 21.3. The van der Waals surface area contributed by atoms with Crippen molar-refractivity contribution < 1.29 is 18.0 Å². The van der Waals surface area contributed by atoms with E-state index < -0.39 is 22.1 Å². The van der Waals surface area contributed by atoms with Crippen LogP contribution in [0.25, 0.3) is 0 Å². The van der Waals surface area contributed by atoms with Crippen molar-refractivity contribution in [2.75, 3.05) is 35.5 Å². The normalized spacial score (nSPS) is 22.0. The molecule has 0 spiro atoms. The van der Waals surface area contributed by atoms with E-state index in [2.05, 4.69) is 20.3 Å². The van der Waals surface area contributed by atoms with Crippen LogP contribution in [-0.2, 0) is 32.5 Å². The molecule has 2 bridgehead atoms. The van der Waals surface area contributed by atoms with Gasteiger partial charge in [-0.1, -0.05) is 60.1 Å². The molecular formula is C31H34ClN5O4S. The third kappa shape index (κ3) is 5.97. The predicted octanol–water partition coefficient (Wildman–Crippen LogP) is 3.12. The molecule has 2 amide bonds. The van der Waals surface area contributed by atoms with Gasteiger partial charge >= 0.3 is 0 Å². The Balaban J connectivity index is 1.21. The van der Waals surface area contributed by atoms with Crippen molar-refractivity contribution in [3.05, 3.63) is 94.5 Å². The molecule has 2 fully saturated rings. The van der Waals surface area contributed by atoms with Gasteiger partial charge in [-0.25, -0.2) is 8.42 Å². The maximum Gasteiger partial charge on any atom is 0.245 e. The SMILES string of the molecule is CS(=O)(=O)Nc1ccccc1N1CC2CC1CN2C(=O)[C@@H](Cc1ccc(Cl)cc1)NC(=O)C1NCCc2ccccc21. The van der Waals surface area contributed by atoms with Gasteiger partial charge in [0.25, 0.3) is 0 Å². The molecule has 2 saturated heterocycles. The van der Waals surface area contributed by atoms with Crippen molar-refractivity contribution in [1.82, 2.24) is 15.5 Å². The van der Waals surface area contributed by atoms with Crippen LogP contribution in [0.4, 0.5) is 11.4 Å². The van der Waals surface area contributed by atoms with Crippen molar-refractivity contribution >= 4 is 44.8 Å². The summed E-state index contributed by atoms with van der Waals surface area (Å²) in [7, 11) is -3.44. The van der Waals surface area contributed by atoms with Gasteiger partial charge in [0, 0.05) is 37.1 Å². The highest BCUT2D eigenvalue weighted by molar-refractivity contribution is 7.92. The van der Waals surface area contributed by atoms with E-state index in [-0.39, 0.29) is 23.9 Å². The number of halogens is 1. The van der Waals surface area contributed by atoms with Crippen molar-refractivity contribution in [1.29, 1.82) is 0 Å². The fourth-order valence-corrected chi connectivity index (χ4v) is 7.19. The van der Waals surface area contributed by atoms with E-state index in [1.165, 1.54) is 0 Å². The molecule has 9 nitrogen and oxygen atoms in total. The standard InChI is InChI=1S/C31H34ClN5O4S/c1-42(40,41)35-26-8-4-5-9-28(26)36-18-24-17-23(36)19-37(24)31(39)27(16-20-10-12-22(32)13-11-20)34-30(38)29-25-7-3-2-6-21(25)14-15-33-29/h2-13,23-24,27,29,33,35H,14-19H2,1H3,(H,34,38)/t23?,24?,27-,29?/m1/s1. The Kier molecular flexibility index (Phi) is 7.87. The van der Waals surface area contributed by atoms with Crippen molar-refractivity contribution in [2.45, 2.75) is 43.4 Å². The average Bonchev–Trinajstić information content (AvgIpc) is 3.58. The van der Waals surface area contributed by atoms with Gasteiger partial charge in [0.05, 0.1) is 23.7 Å². The monoisotopic (exact) mass is 607 g/mol. The van der Waals surface area contributed by atoms with Gasteiger partial charge in [-0.05, 0) is 53.8 Å². The Morgan fingerprint density at radius 1 is 1.00 bits per heavy atom. The number of piperazine rings is 1. The Labute approximate surface area is 251 Å². The van der Waals surface area contributed by atoms with E-state index in [1.54, 1.807) is 24.3 Å². The molecule has 3 unspecified atom stereocenters. The molecule has 11 heteroatoms. The molecule has 0 saturated carbocycles. The second-order valence-corrected chi connectivity index (χ2v) is 13.5. The third-order valence-corrected chi connectivity index (χ3v) is 9.21. The fraction of sp³-hybridized carbons (Fsp3) is 0.355. The molecule has 220 valence electrons. The highest BCUT2D eigenvalue weighted by atomic mass is 35.5. The number of likely N-dealkylation sites (tertiary alicyclic amines) is 1. The van der Waals surface area contributed by atoms with E-state index >= 15 is 0 Å². The van der Waals surface area contributed by atoms with Gasteiger partial charge in [0.2, 0.25) is 21.8 Å². The topological polar surface area (TPSA) is 111 Å². The first kappa shape index (κ1) is 28.5. The van der Waals surface area contributed by atoms with E-state index in [0.29, 0.717) is 36.8 Å². The van der Waals surface area contributed by atoms with Crippen LogP contribution < -0.4 is 20.3 Å². The molecular weight excluding hydrogens is 574 g/mol. The largest absolute Gasteiger partial charge is 0.363 e. The summed E-state index contributed by atoms with van der Waals surface area (Å²) in [5.41, 5.74) is 4.31. The highest BCUT2D eigenvalue weighted by Crippen LogP contribution is 2.38. The fourth-order valence-electron chi connectivity index (χ4n) is 6.49. The highest BCUT2D eigenvalue weighted by Gasteiger charge is 2.47. The van der Waals surface area contributed by atoms with Gasteiger partial charge in [0.1, 0.15) is 12.1 Å². The first-order valence-electron chi connectivity index (χ1n) is 14.2. The van der Waals surface area contributed by atoms with Gasteiger partial charge in [-0.3, -0.25) is 14.3 Å². The zero-order valence-corrected chi connectivity index (χ0v) is 24.9. The molecule has 42 heavy (non-hydrogen) atoms. The number of hydrogen-bond acceptors (Lipinski definition) is 6. The number of anilines is 2. The Morgan fingerprint density at radius 3 is 2.48 bits per heavy atom. The van der Waals surface area contributed by atoms with E-state index in [0.717, 1.165) is 41.5 Å². The number of carbonyl (C=O) groups is 2. The summed E-state index contributed by atoms with van der Waals surface area (Å²) in [4.78, 5) is 31.8. The molecule has 3 heterocycles. The number of benzene rings is 3. The Bertz CT molecular complexity index is 1600. The first-order valence-corrected chi connectivity index (χ1v) is 16.4. The summed E-state index contributed by atoms with van der Waals surface area (Å²) in [5, 5.41) is 7.02. The third-order valence-electron chi connectivity index (χ3n) is 8.37. The van der Waals surface area contributed by atoms with Gasteiger partial charge < -0.3 is 20.4 Å². The quantitative estimate of drug-likeness (QED) is 0.363. The van der Waals surface area contributed by atoms with Crippen LogP contribution in [0, 0.1) is 0 Å². The van der Waals surface area contributed by atoms with Crippen LogP contribution in [0.2, 0.25) is 5.02 Å². The average molecular weight is 608 g/mol. The molecule has 0 radical (unpaired) electrons. The lowest BCUT2D eigenvalue weighted by atomic mass is 9.93. The van der Waals surface area contributed by atoms with Crippen molar-refractivity contribution in [2.24, 2.45) is 0 Å². The number of rotatable bonds is 8. The summed E-state index contributed by atoms with van der Waals surface area (Å²) in [6.45, 7) is 1.76. The Morgan fingerprint density at radius 2 is 1.74 bits per heavy atom. The number of fused-ring (bicyclic) bond motifs is 3. The van der Waals surface area contributed by atoms with Gasteiger partial charge in [-0.15, -0.1) is 0 Å². The lowest BCUT2D eigenvalue weighted by Gasteiger charge is -2.38. The molecule has 0 aliphatic carbocycles. The summed E-state index contributed by atoms with van der Waals surface area (Å²) >= 11 is 6.11. The second-order valence-electron chi connectivity index (χ2n) is 11.3. The number of para-hydroxylation sites is 2. The van der Waals surface area contributed by atoms with E-state index in [1.807, 2.05) is 53.4 Å². The minimum Gasteiger partial charge on any atom is -0.363 e. The predicted molar refractivity (Wildman–Crippen MR) is 164 cm³/mol. The molecule has 3 aromatic carbocycles. The zero-order chi connectivity index (χ0) is 29.4. The van der Waals surface area contributed by atoms with E-state index in [4.69, 9.17) is 11.6 Å². The Hall–Kier alpha value is -3.60. The molecule has 6 rings (SSSR count). The second kappa shape index (κ2) is 11.6. The summed E-state index contributed by atoms with van der Waals surface area (Å²) in [6.07, 6.45) is 3.10. The number of carbonyl (C=O) groups excluding carboxylic acids is 2. The zero-order valence-electron chi connectivity index (χ0n) is 23.3. The van der Waals surface area contributed by atoms with Crippen LogP contribution in [-0.4, -0.2) is 69.1 Å². The van der Waals surface area contributed by atoms with Crippen LogP contribution in [0.5, 0.6) is 0 Å². The van der Waals surface area contributed by atoms with Gasteiger partial charge in [-0.2, -0.15) is 0 Å². The minimum absolute atomic E-state index is 0.0419. The van der Waals surface area contributed by atoms with Crippen LogP contribution >= 0.6 is 11.6 Å². The smallest absolute Gasteiger partial charge is 0.245 e. The van der Waals surface area contributed by atoms with Crippen molar-refractivity contribution in [3.8, 4) is 0 Å². The number of sulfonamides is 1. The first-order chi connectivity index (χ1) is 20.2. The molecule has 3 aromatic rings.